The Labute approximate surface area is 611 Å². The molecule has 0 spiro atoms. The second kappa shape index (κ2) is 63.1. The molecule has 0 saturated carbocycles. The van der Waals surface area contributed by atoms with E-state index in [2.05, 4.69) is 0 Å². The fraction of sp³-hybridized carbons (Fsp3) is 0.613. The van der Waals surface area contributed by atoms with Crippen molar-refractivity contribution in [2.45, 2.75) is 0 Å². The van der Waals surface area contributed by atoms with E-state index in [-0.39, 0.29) is 5.78 Å². The van der Waals surface area contributed by atoms with Gasteiger partial charge in [-0.2, -0.15) is 143 Å². The Kier molecular flexibility index (Phi) is 86.2. The molecule has 1 aromatic carbocycles. The molecule has 0 aliphatic rings. The zero-order valence-corrected chi connectivity index (χ0v) is 71.3. The molecule has 0 saturated heterocycles. The smallest absolute Gasteiger partial charge is 0.261 e. The fourth-order valence-electron chi connectivity index (χ4n) is 1.41. The van der Waals surface area contributed by atoms with E-state index >= 15 is 0 Å². The minimum Gasteiger partial charge on any atom is -0.748 e. The van der Waals surface area contributed by atoms with Crippen molar-refractivity contribution >= 4 is 188 Å². The van der Waals surface area contributed by atoms with E-state index in [0.29, 0.717) is 113 Å². The first-order chi connectivity index (χ1) is 43.3. The van der Waals surface area contributed by atoms with Gasteiger partial charge in [0.15, 0.2) is 18.2 Å². The number of hydrogen-bond acceptors (Lipinski definition) is 38. The Morgan fingerprint density at radius 3 is 0.381 bits per heavy atom. The van der Waals surface area contributed by atoms with Crippen molar-refractivity contribution in [2.75, 3.05) is 113 Å². The van der Waals surface area contributed by atoms with E-state index in [4.69, 9.17) is 90.4 Å². The monoisotopic (exact) mass is 1920 g/mol. The topological polar surface area (TPSA) is 1000 Å². The molecule has 105 heavy (non-hydrogen) atoms. The highest BCUT2D eigenvalue weighted by molar-refractivity contribution is 7.88. The van der Waals surface area contributed by atoms with E-state index in [1.54, 1.807) is 0 Å². The average molecular weight is 1930 g/mol. The maximum atomic E-state index is 11.9. The largest absolute Gasteiger partial charge is 0.748 e. The Morgan fingerprint density at radius 2 is 0.295 bits per heavy atom. The van der Waals surface area contributed by atoms with Gasteiger partial charge in [0.25, 0.3) is 172 Å². The molecule has 650 valence electrons. The highest BCUT2D eigenvalue weighted by atomic mass is 32.3. The minimum absolute atomic E-state index is 0.0659. The van der Waals surface area contributed by atoms with Crippen molar-refractivity contribution in [2.24, 2.45) is 7.05 Å². The number of nitrogens with zero attached hydrogens (tertiary/aromatic N) is 1. The van der Waals surface area contributed by atoms with E-state index in [1.165, 1.54) is 0 Å². The lowest BCUT2D eigenvalue weighted by Crippen LogP contribution is -2.26. The number of pyridine rings is 1. The second-order valence-corrected chi connectivity index (χ2v) is 42.9. The lowest BCUT2D eigenvalue weighted by Gasteiger charge is -1.98. The van der Waals surface area contributed by atoms with Gasteiger partial charge in [0.1, 0.15) is 7.05 Å². The first kappa shape index (κ1) is 144. The number of benzene rings is 1. The molecule has 0 aliphatic carbocycles. The van der Waals surface area contributed by atoms with E-state index in [1.807, 2.05) is 66.5 Å². The van der Waals surface area contributed by atoms with Gasteiger partial charge in [0, 0.05) is 29.5 Å². The average Bonchev–Trinajstić information content (AvgIpc) is 3.10. The summed E-state index contributed by atoms with van der Waals surface area (Å²) in [5.41, 5.74) is 1.45. The van der Waals surface area contributed by atoms with Crippen LogP contribution in [0.3, 0.4) is 0 Å². The van der Waals surface area contributed by atoms with Crippen LogP contribution in [0.1, 0.15) is 15.9 Å². The van der Waals surface area contributed by atoms with Crippen LogP contribution in [-0.4, -0.2) is 352 Å². The van der Waals surface area contributed by atoms with E-state index < -0.39 is 182 Å². The first-order valence-electron chi connectivity index (χ1n) is 21.4. The van der Waals surface area contributed by atoms with Crippen molar-refractivity contribution in [1.82, 2.24) is 0 Å². The third-order valence-electron chi connectivity index (χ3n) is 2.28. The SMILES string of the molecule is CS(=O)(=O)O.CS(=O)(=O)O.CS(=O)(=O)O.CS(=O)(=O)O.CS(=O)(=O)O.CS(=O)(=O)O.CS(=O)(=O)O.CS(=O)(=O)O.CS(=O)(=O)O.CS(=O)(=O)O.CS(=O)(=O)O.CS(=O)(=O)O.CS(=O)(=O)O.CS(=O)(=O)O.CS(=O)(=O)O.CS(=O)(=O)O.CS(=O)(=O)O.CS(=O)(=O)[O-].C[n+]1ccc(C(=O)c2ccccc2)cc1. The van der Waals surface area contributed by atoms with E-state index in [9.17, 15) is 148 Å². The lowest BCUT2D eigenvalue weighted by molar-refractivity contribution is -0.671. The van der Waals surface area contributed by atoms with E-state index in [0.717, 1.165) is 11.1 Å². The molecule has 74 heteroatoms. The number of hydrogen-bond donors (Lipinski definition) is 17. The van der Waals surface area contributed by atoms with Crippen molar-refractivity contribution < 1.29 is 243 Å². The summed E-state index contributed by atoms with van der Waals surface area (Å²) < 4.78 is 469. The molecule has 1 aromatic heterocycles. The first-order valence-corrected chi connectivity index (χ1v) is 54.7. The standard InChI is InChI=1S/C13H12NO.18CH4O3S/c1-14-9-7-12(8-10-14)13(15)11-5-3-2-4-6-11;18*1-5(2,3)4/h2-10H,1H3;18*1H3,(H,2,3,4)/q+1;;;;;;;;;;;;;;;;;;/p-1. The molecule has 0 aliphatic heterocycles. The molecule has 0 unspecified atom stereocenters. The van der Waals surface area contributed by atoms with Gasteiger partial charge >= 0.3 is 0 Å². The Morgan fingerprint density at radius 1 is 0.219 bits per heavy atom. The number of carbonyl (C=O) groups excluding carboxylic acids is 1. The van der Waals surface area contributed by atoms with Crippen molar-refractivity contribution in [3.05, 3.63) is 66.0 Å². The predicted octanol–water partition coefficient (Wildman–Crippen LogP) is -7.53. The molecular formula is C31H83NO55S18. The number of rotatable bonds is 2. The van der Waals surface area contributed by atoms with Crippen LogP contribution in [0.5, 0.6) is 0 Å². The molecule has 1 heterocycles. The van der Waals surface area contributed by atoms with Gasteiger partial charge in [-0.3, -0.25) is 82.2 Å². The minimum atomic E-state index is -3.92. The number of carbonyl (C=O) groups is 1. The lowest BCUT2D eigenvalue weighted by atomic mass is 10.1. The van der Waals surface area contributed by atoms with Gasteiger partial charge in [-0.1, -0.05) is 30.3 Å². The van der Waals surface area contributed by atoms with Crippen LogP contribution in [-0.2, 0) is 189 Å². The fourth-order valence-corrected chi connectivity index (χ4v) is 1.41. The Bertz CT molecular complexity index is 3610. The van der Waals surface area contributed by atoms with Gasteiger partial charge in [-0.15, -0.1) is 0 Å². The van der Waals surface area contributed by atoms with Crippen molar-refractivity contribution in [3.8, 4) is 0 Å². The van der Waals surface area contributed by atoms with Gasteiger partial charge in [-0.25, -0.2) is 13.0 Å². The Balaban J connectivity index is -0.0000000527. The molecule has 56 nitrogen and oxygen atoms in total. The highest BCUT2D eigenvalue weighted by Gasteiger charge is 2.09. The molecule has 2 rings (SSSR count). The van der Waals surface area contributed by atoms with Gasteiger partial charge in [-0.05, 0) is 0 Å². The molecule has 0 amide bonds. The maximum Gasteiger partial charge on any atom is 0.261 e. The summed E-state index contributed by atoms with van der Waals surface area (Å²) >= 11 is 0. The van der Waals surface area contributed by atoms with Gasteiger partial charge in [0.05, 0.1) is 116 Å². The van der Waals surface area contributed by atoms with Crippen molar-refractivity contribution in [1.29, 1.82) is 0 Å². The number of aryl methyl sites for hydroxylation is 1. The molecular weight excluding hydrogens is 1840 g/mol. The van der Waals surface area contributed by atoms with Crippen LogP contribution in [0.4, 0.5) is 0 Å². The molecule has 0 atom stereocenters. The number of aromatic nitrogens is 1. The van der Waals surface area contributed by atoms with Gasteiger partial charge in [0.2, 0.25) is 0 Å². The molecule has 0 radical (unpaired) electrons. The third kappa shape index (κ3) is 1940. The summed E-state index contributed by atoms with van der Waals surface area (Å²) in [4.78, 5) is 11.9. The summed E-state index contributed by atoms with van der Waals surface area (Å²) in [6.07, 6.45) is 16.5. The zero-order chi connectivity index (χ0) is 91.7. The predicted molar refractivity (Wildman–Crippen MR) is 370 cm³/mol. The second-order valence-electron chi connectivity index (χ2n) is 16.6. The summed E-state index contributed by atoms with van der Waals surface area (Å²) in [7, 11) is -64.3. The van der Waals surface area contributed by atoms with Crippen LogP contribution in [0.2, 0.25) is 0 Å². The molecule has 0 bridgehead atoms. The van der Waals surface area contributed by atoms with Crippen LogP contribution in [0.15, 0.2) is 54.9 Å². The molecule has 17 N–H and O–H groups in total. The normalized spacial score (nSPS) is 11.4. The summed E-state index contributed by atoms with van der Waals surface area (Å²) in [6.45, 7) is 0. The number of ketones is 1. The van der Waals surface area contributed by atoms with Crippen LogP contribution < -0.4 is 4.57 Å². The summed E-state index contributed by atoms with van der Waals surface area (Å²) in [5, 5.41) is 0. The van der Waals surface area contributed by atoms with Crippen LogP contribution in [0, 0.1) is 0 Å². The molecule has 0 fully saturated rings. The quantitative estimate of drug-likeness (QED) is 0.0754. The van der Waals surface area contributed by atoms with Crippen molar-refractivity contribution in [3.63, 3.8) is 0 Å². The third-order valence-corrected chi connectivity index (χ3v) is 2.28. The zero-order valence-electron chi connectivity index (χ0n) is 56.6. The maximum absolute atomic E-state index is 11.9. The Hall–Kier alpha value is -3.58. The molecule has 2 aromatic rings. The summed E-state index contributed by atoms with van der Waals surface area (Å²) in [5.74, 6) is 0.0659. The highest BCUT2D eigenvalue weighted by Crippen LogP contribution is 2.07. The van der Waals surface area contributed by atoms with Gasteiger partial charge < -0.3 is 4.55 Å². The van der Waals surface area contributed by atoms with Crippen LogP contribution >= 0.6 is 0 Å². The van der Waals surface area contributed by atoms with Crippen LogP contribution in [0.25, 0.3) is 0 Å². The summed E-state index contributed by atoms with van der Waals surface area (Å²) in [6, 6.07) is 13.0.